The lowest BCUT2D eigenvalue weighted by atomic mass is 10.0. The van der Waals surface area contributed by atoms with Crippen LogP contribution in [0.15, 0.2) is 70.0 Å². The number of anilines is 1. The molecule has 1 atom stereocenters. The van der Waals surface area contributed by atoms with E-state index in [1.807, 2.05) is 19.1 Å². The van der Waals surface area contributed by atoms with Crippen molar-refractivity contribution in [1.29, 1.82) is 0 Å². The molecule has 2 amide bonds. The van der Waals surface area contributed by atoms with E-state index < -0.39 is 21.9 Å². The smallest absolute Gasteiger partial charge is 0.322 e. The van der Waals surface area contributed by atoms with Crippen LogP contribution in [-0.4, -0.2) is 43.3 Å². The first-order chi connectivity index (χ1) is 18.1. The number of sulfonamides is 1. The van der Waals surface area contributed by atoms with Crippen molar-refractivity contribution in [1.82, 2.24) is 9.21 Å². The van der Waals surface area contributed by atoms with Crippen LogP contribution in [-0.2, 0) is 10.0 Å². The van der Waals surface area contributed by atoms with Crippen molar-refractivity contribution >= 4 is 37.7 Å². The van der Waals surface area contributed by atoms with Crippen LogP contribution in [0.5, 0.6) is 11.5 Å². The van der Waals surface area contributed by atoms with Crippen molar-refractivity contribution in [3.05, 3.63) is 82.1 Å². The number of rotatable bonds is 8. The van der Waals surface area contributed by atoms with Crippen molar-refractivity contribution in [2.75, 3.05) is 25.0 Å². The molecular formula is C28H31BrFN3O4S. The number of amides is 2. The highest BCUT2D eigenvalue weighted by Crippen LogP contribution is 2.36. The SMILES string of the molecule is CCN(CC)S(=O)(=O)c1ccc(Oc2ccc(C)cc2)c(NC(=O)N2CCCC2c2ccc(Br)c(F)c2)c1. The summed E-state index contributed by atoms with van der Waals surface area (Å²) in [6.45, 7) is 6.64. The second kappa shape index (κ2) is 11.8. The number of halogens is 2. The molecule has 1 heterocycles. The number of urea groups is 1. The normalized spacial score (nSPS) is 15.6. The molecule has 1 aliphatic heterocycles. The number of ether oxygens (including phenoxy) is 1. The van der Waals surface area contributed by atoms with Gasteiger partial charge in [0.15, 0.2) is 5.75 Å². The number of hydrogen-bond donors (Lipinski definition) is 1. The summed E-state index contributed by atoms with van der Waals surface area (Å²) in [6, 6.07) is 16.0. The lowest BCUT2D eigenvalue weighted by Crippen LogP contribution is -2.34. The average molecular weight is 605 g/mol. The standard InChI is InChI=1S/C28H31BrFN3O4S/c1-4-32(5-2)38(35,36)22-13-15-27(37-21-11-8-19(3)9-12-21)25(18-22)31-28(34)33-16-6-7-26(33)20-10-14-23(29)24(30)17-20/h8-15,17-18,26H,4-7,16H2,1-3H3,(H,31,34). The number of carbonyl (C=O) groups is 1. The summed E-state index contributed by atoms with van der Waals surface area (Å²) < 4.78 is 48.4. The Bertz CT molecular complexity index is 1410. The average Bonchev–Trinajstić information content (AvgIpc) is 3.39. The number of likely N-dealkylation sites (tertiary alicyclic amines) is 1. The van der Waals surface area contributed by atoms with E-state index in [1.54, 1.807) is 49.1 Å². The van der Waals surface area contributed by atoms with Crippen LogP contribution in [0.25, 0.3) is 0 Å². The molecule has 1 unspecified atom stereocenters. The Kier molecular flexibility index (Phi) is 8.74. The van der Waals surface area contributed by atoms with E-state index >= 15 is 0 Å². The molecule has 0 aromatic heterocycles. The molecule has 3 aromatic carbocycles. The predicted molar refractivity (Wildman–Crippen MR) is 150 cm³/mol. The lowest BCUT2D eigenvalue weighted by molar-refractivity contribution is 0.207. The third-order valence-electron chi connectivity index (χ3n) is 6.63. The van der Waals surface area contributed by atoms with Crippen LogP contribution < -0.4 is 10.1 Å². The highest BCUT2D eigenvalue weighted by molar-refractivity contribution is 9.10. The van der Waals surface area contributed by atoms with E-state index in [0.717, 1.165) is 12.0 Å². The molecule has 1 fully saturated rings. The number of nitrogens with zero attached hydrogens (tertiary/aromatic N) is 2. The van der Waals surface area contributed by atoms with Crippen LogP contribution in [0.3, 0.4) is 0 Å². The summed E-state index contributed by atoms with van der Waals surface area (Å²) in [4.78, 5) is 15.2. The van der Waals surface area contributed by atoms with Gasteiger partial charge in [0, 0.05) is 19.6 Å². The maximum Gasteiger partial charge on any atom is 0.322 e. The molecule has 0 aliphatic carbocycles. The van der Waals surface area contributed by atoms with Gasteiger partial charge in [0.25, 0.3) is 0 Å². The summed E-state index contributed by atoms with van der Waals surface area (Å²) >= 11 is 3.17. The van der Waals surface area contributed by atoms with Crippen LogP contribution in [0.1, 0.15) is 43.9 Å². The van der Waals surface area contributed by atoms with Gasteiger partial charge in [-0.15, -0.1) is 0 Å². The van der Waals surface area contributed by atoms with E-state index in [1.165, 1.54) is 22.5 Å². The summed E-state index contributed by atoms with van der Waals surface area (Å²) in [6.07, 6.45) is 1.45. The minimum Gasteiger partial charge on any atom is -0.455 e. The van der Waals surface area contributed by atoms with Gasteiger partial charge >= 0.3 is 6.03 Å². The van der Waals surface area contributed by atoms with Gasteiger partial charge in [-0.1, -0.05) is 37.6 Å². The Morgan fingerprint density at radius 3 is 2.47 bits per heavy atom. The first kappa shape index (κ1) is 28.1. The largest absolute Gasteiger partial charge is 0.455 e. The van der Waals surface area contributed by atoms with Gasteiger partial charge < -0.3 is 15.0 Å². The Hall–Kier alpha value is -2.95. The van der Waals surface area contributed by atoms with Crippen LogP contribution in [0, 0.1) is 12.7 Å². The highest BCUT2D eigenvalue weighted by Gasteiger charge is 2.31. The number of nitrogens with one attached hydrogen (secondary N) is 1. The lowest BCUT2D eigenvalue weighted by Gasteiger charge is -2.26. The molecule has 38 heavy (non-hydrogen) atoms. The molecule has 3 aromatic rings. The van der Waals surface area contributed by atoms with Crippen LogP contribution in [0.2, 0.25) is 0 Å². The second-order valence-electron chi connectivity index (χ2n) is 9.12. The number of aryl methyl sites for hydroxylation is 1. The van der Waals surface area contributed by atoms with Crippen molar-refractivity contribution in [2.24, 2.45) is 0 Å². The maximum atomic E-state index is 14.2. The van der Waals surface area contributed by atoms with Crippen molar-refractivity contribution in [3.8, 4) is 11.5 Å². The predicted octanol–water partition coefficient (Wildman–Crippen LogP) is 7.09. The number of hydrogen-bond acceptors (Lipinski definition) is 4. The molecule has 10 heteroatoms. The zero-order valence-electron chi connectivity index (χ0n) is 21.6. The molecule has 202 valence electrons. The highest BCUT2D eigenvalue weighted by atomic mass is 79.9. The molecule has 0 saturated carbocycles. The quantitative estimate of drug-likeness (QED) is 0.298. The first-order valence-corrected chi connectivity index (χ1v) is 14.8. The van der Waals surface area contributed by atoms with E-state index in [2.05, 4.69) is 21.2 Å². The molecule has 0 bridgehead atoms. The Labute approximate surface area is 231 Å². The fourth-order valence-corrected chi connectivity index (χ4v) is 6.30. The van der Waals surface area contributed by atoms with Gasteiger partial charge in [-0.05, 0) is 83.7 Å². The molecule has 4 rings (SSSR count). The Balaban J connectivity index is 1.67. The van der Waals surface area contributed by atoms with E-state index in [9.17, 15) is 17.6 Å². The van der Waals surface area contributed by atoms with Crippen molar-refractivity contribution < 1.29 is 22.3 Å². The third kappa shape index (κ3) is 6.03. The minimum atomic E-state index is -3.77. The van der Waals surface area contributed by atoms with E-state index in [0.29, 0.717) is 47.6 Å². The molecule has 1 N–H and O–H groups in total. The second-order valence-corrected chi connectivity index (χ2v) is 11.9. The van der Waals surface area contributed by atoms with Gasteiger partial charge in [-0.3, -0.25) is 0 Å². The van der Waals surface area contributed by atoms with Crippen LogP contribution >= 0.6 is 15.9 Å². The molecule has 1 saturated heterocycles. The fraction of sp³-hybridized carbons (Fsp3) is 0.321. The Morgan fingerprint density at radius 1 is 1.11 bits per heavy atom. The van der Waals surface area contributed by atoms with Crippen molar-refractivity contribution in [2.45, 2.75) is 44.6 Å². The van der Waals surface area contributed by atoms with Gasteiger partial charge in [0.1, 0.15) is 11.6 Å². The van der Waals surface area contributed by atoms with Gasteiger partial charge in [-0.25, -0.2) is 17.6 Å². The fourth-order valence-electron chi connectivity index (χ4n) is 4.57. The maximum absolute atomic E-state index is 14.2. The monoisotopic (exact) mass is 603 g/mol. The van der Waals surface area contributed by atoms with Gasteiger partial charge in [0.2, 0.25) is 10.0 Å². The molecule has 7 nitrogen and oxygen atoms in total. The summed E-state index contributed by atoms with van der Waals surface area (Å²) in [5, 5.41) is 2.87. The number of benzene rings is 3. The number of carbonyl (C=O) groups excluding carboxylic acids is 1. The zero-order chi connectivity index (χ0) is 27.4. The molecule has 0 spiro atoms. The molecular weight excluding hydrogens is 573 g/mol. The molecule has 0 radical (unpaired) electrons. The summed E-state index contributed by atoms with van der Waals surface area (Å²) in [5.74, 6) is 0.471. The topological polar surface area (TPSA) is 79.0 Å². The van der Waals surface area contributed by atoms with Crippen LogP contribution in [0.4, 0.5) is 14.9 Å². The third-order valence-corrected chi connectivity index (χ3v) is 9.32. The van der Waals surface area contributed by atoms with Gasteiger partial charge in [0.05, 0.1) is 21.1 Å². The minimum absolute atomic E-state index is 0.0562. The van der Waals surface area contributed by atoms with Gasteiger partial charge in [-0.2, -0.15) is 4.31 Å². The first-order valence-electron chi connectivity index (χ1n) is 12.5. The Morgan fingerprint density at radius 2 is 1.82 bits per heavy atom. The van der Waals surface area contributed by atoms with E-state index in [4.69, 9.17) is 4.74 Å². The summed E-state index contributed by atoms with van der Waals surface area (Å²) in [5.41, 5.74) is 2.00. The van der Waals surface area contributed by atoms with E-state index in [-0.39, 0.29) is 16.6 Å². The van der Waals surface area contributed by atoms with Crippen molar-refractivity contribution in [3.63, 3.8) is 0 Å². The zero-order valence-corrected chi connectivity index (χ0v) is 24.0. The summed E-state index contributed by atoms with van der Waals surface area (Å²) in [7, 11) is -3.77. The molecule has 1 aliphatic rings.